The minimum atomic E-state index is -3.80. The molecule has 1 aromatic rings. The van der Waals surface area contributed by atoms with E-state index in [1.54, 1.807) is 27.7 Å². The first-order chi connectivity index (χ1) is 11.1. The van der Waals surface area contributed by atoms with Crippen molar-refractivity contribution in [3.05, 3.63) is 21.1 Å². The number of benzene rings is 1. The van der Waals surface area contributed by atoms with Gasteiger partial charge in [-0.3, -0.25) is 0 Å². The molecule has 0 heterocycles. The minimum absolute atomic E-state index is 0.0491. The summed E-state index contributed by atoms with van der Waals surface area (Å²) < 4.78 is 54.4. The molecular weight excluding hydrogens is 484 g/mol. The molecule has 0 radical (unpaired) electrons. The Morgan fingerprint density at radius 1 is 0.792 bits per heavy atom. The highest BCUT2D eigenvalue weighted by Crippen LogP contribution is 2.35. The number of hydrogen-bond acceptors (Lipinski definition) is 4. The van der Waals surface area contributed by atoms with Crippen LogP contribution in [-0.4, -0.2) is 51.6 Å². The zero-order valence-electron chi connectivity index (χ0n) is 14.1. The molecule has 0 bridgehead atoms. The molecule has 0 aliphatic carbocycles. The van der Waals surface area contributed by atoms with E-state index >= 15 is 0 Å². The Morgan fingerprint density at radius 2 is 1.21 bits per heavy atom. The van der Waals surface area contributed by atoms with E-state index in [1.165, 1.54) is 20.7 Å². The Kier molecular flexibility index (Phi) is 7.89. The lowest BCUT2D eigenvalue weighted by Gasteiger charge is -2.22. The standard InChI is InChI=1S/C14H22Br2N2O4S2/c1-5-17(6-2)23(19,20)11-9-12(15)14(16)13(10-11)24(21,22)18(7-3)8-4/h9-10H,5-8H2,1-4H3. The Bertz CT molecular complexity index is 787. The highest BCUT2D eigenvalue weighted by atomic mass is 79.9. The van der Waals surface area contributed by atoms with Gasteiger partial charge in [-0.15, -0.1) is 0 Å². The maximum absolute atomic E-state index is 12.8. The van der Waals surface area contributed by atoms with Gasteiger partial charge in [-0.2, -0.15) is 8.61 Å². The average molecular weight is 506 g/mol. The molecule has 0 saturated carbocycles. The van der Waals surface area contributed by atoms with Crippen LogP contribution < -0.4 is 0 Å². The monoisotopic (exact) mass is 504 g/mol. The summed E-state index contributed by atoms with van der Waals surface area (Å²) in [5.41, 5.74) is 0. The van der Waals surface area contributed by atoms with Crippen LogP contribution >= 0.6 is 31.9 Å². The molecule has 0 aliphatic rings. The van der Waals surface area contributed by atoms with E-state index in [-0.39, 0.29) is 9.79 Å². The number of sulfonamides is 2. The lowest BCUT2D eigenvalue weighted by atomic mass is 10.4. The van der Waals surface area contributed by atoms with Crippen LogP contribution in [0.3, 0.4) is 0 Å². The van der Waals surface area contributed by atoms with Gasteiger partial charge in [-0.25, -0.2) is 16.8 Å². The highest BCUT2D eigenvalue weighted by Gasteiger charge is 2.30. The first kappa shape index (κ1) is 22.0. The van der Waals surface area contributed by atoms with Gasteiger partial charge in [0.25, 0.3) is 0 Å². The largest absolute Gasteiger partial charge is 0.244 e. The second-order valence-corrected chi connectivity index (χ2v) is 10.4. The van der Waals surface area contributed by atoms with E-state index in [2.05, 4.69) is 31.9 Å². The highest BCUT2D eigenvalue weighted by molar-refractivity contribution is 9.13. The first-order valence-corrected chi connectivity index (χ1v) is 12.0. The van der Waals surface area contributed by atoms with Crippen molar-refractivity contribution in [1.82, 2.24) is 8.61 Å². The summed E-state index contributed by atoms with van der Waals surface area (Å²) in [6.07, 6.45) is 0. The van der Waals surface area contributed by atoms with Crippen LogP contribution in [0, 0.1) is 0 Å². The van der Waals surface area contributed by atoms with E-state index in [1.807, 2.05) is 0 Å². The van der Waals surface area contributed by atoms with Crippen LogP contribution in [0.5, 0.6) is 0 Å². The van der Waals surface area contributed by atoms with Crippen LogP contribution in [0.4, 0.5) is 0 Å². The molecule has 1 aromatic carbocycles. The molecule has 6 nitrogen and oxygen atoms in total. The third-order valence-corrected chi connectivity index (χ3v) is 10.0. The fraction of sp³-hybridized carbons (Fsp3) is 0.571. The Hall–Kier alpha value is -0.000000000000000194. The Labute approximate surface area is 161 Å². The Balaban J connectivity index is 3.66. The molecule has 138 valence electrons. The number of nitrogens with zero attached hydrogens (tertiary/aromatic N) is 2. The van der Waals surface area contributed by atoms with Gasteiger partial charge in [0.15, 0.2) is 0 Å². The fourth-order valence-electron chi connectivity index (χ4n) is 2.29. The maximum Gasteiger partial charge on any atom is 0.244 e. The molecule has 10 heteroatoms. The summed E-state index contributed by atoms with van der Waals surface area (Å²) in [6.45, 7) is 8.17. The van der Waals surface area contributed by atoms with Crippen molar-refractivity contribution in [3.63, 3.8) is 0 Å². The predicted molar refractivity (Wildman–Crippen MR) is 102 cm³/mol. The molecule has 0 spiro atoms. The lowest BCUT2D eigenvalue weighted by Crippen LogP contribution is -2.32. The van der Waals surface area contributed by atoms with E-state index < -0.39 is 20.0 Å². The fourth-order valence-corrected chi connectivity index (χ4v) is 7.03. The van der Waals surface area contributed by atoms with Gasteiger partial charge in [0.2, 0.25) is 20.0 Å². The summed E-state index contributed by atoms with van der Waals surface area (Å²) in [7, 11) is -7.57. The summed E-state index contributed by atoms with van der Waals surface area (Å²) in [5.74, 6) is 0. The molecule has 0 unspecified atom stereocenters. The smallest absolute Gasteiger partial charge is 0.207 e. The minimum Gasteiger partial charge on any atom is -0.207 e. The molecule has 0 aliphatic heterocycles. The third-order valence-electron chi connectivity index (χ3n) is 3.63. The SMILES string of the molecule is CCN(CC)S(=O)(=O)c1cc(Br)c(Br)c(S(=O)(=O)N(CC)CC)c1. The van der Waals surface area contributed by atoms with Crippen LogP contribution in [0.1, 0.15) is 27.7 Å². The van der Waals surface area contributed by atoms with E-state index in [0.29, 0.717) is 35.1 Å². The molecule has 0 aromatic heterocycles. The topological polar surface area (TPSA) is 74.8 Å². The van der Waals surface area contributed by atoms with Crippen molar-refractivity contribution in [1.29, 1.82) is 0 Å². The molecule has 0 fully saturated rings. The number of rotatable bonds is 8. The molecular formula is C14H22Br2N2O4S2. The summed E-state index contributed by atoms with van der Waals surface area (Å²) in [4.78, 5) is -0.113. The van der Waals surface area contributed by atoms with Gasteiger partial charge in [-0.1, -0.05) is 27.7 Å². The summed E-state index contributed by atoms with van der Waals surface area (Å²) >= 11 is 6.51. The van der Waals surface area contributed by atoms with Crippen molar-refractivity contribution in [2.75, 3.05) is 26.2 Å². The molecule has 1 rings (SSSR count). The van der Waals surface area contributed by atoms with Crippen LogP contribution in [0.2, 0.25) is 0 Å². The van der Waals surface area contributed by atoms with Crippen molar-refractivity contribution < 1.29 is 16.8 Å². The quantitative estimate of drug-likeness (QED) is 0.543. The molecule has 0 amide bonds. The zero-order chi connectivity index (χ0) is 18.7. The van der Waals surface area contributed by atoms with Crippen LogP contribution in [-0.2, 0) is 20.0 Å². The summed E-state index contributed by atoms with van der Waals surface area (Å²) in [5, 5.41) is 0. The molecule has 0 atom stereocenters. The summed E-state index contributed by atoms with van der Waals surface area (Å²) in [6, 6.07) is 2.63. The number of halogens is 2. The third kappa shape index (κ3) is 4.21. The second kappa shape index (κ2) is 8.59. The maximum atomic E-state index is 12.8. The second-order valence-electron chi connectivity index (χ2n) is 4.90. The van der Waals surface area contributed by atoms with Gasteiger partial charge in [0.05, 0.1) is 14.3 Å². The van der Waals surface area contributed by atoms with E-state index in [0.717, 1.165) is 0 Å². The van der Waals surface area contributed by atoms with Gasteiger partial charge in [0, 0.05) is 30.7 Å². The van der Waals surface area contributed by atoms with Gasteiger partial charge in [-0.05, 0) is 44.0 Å². The van der Waals surface area contributed by atoms with Crippen molar-refractivity contribution in [2.45, 2.75) is 37.5 Å². The molecule has 0 N–H and O–H groups in total. The van der Waals surface area contributed by atoms with Gasteiger partial charge < -0.3 is 0 Å². The van der Waals surface area contributed by atoms with Crippen molar-refractivity contribution in [3.8, 4) is 0 Å². The van der Waals surface area contributed by atoms with Gasteiger partial charge >= 0.3 is 0 Å². The molecule has 0 saturated heterocycles. The van der Waals surface area contributed by atoms with Crippen LogP contribution in [0.25, 0.3) is 0 Å². The van der Waals surface area contributed by atoms with E-state index in [4.69, 9.17) is 0 Å². The normalized spacial score (nSPS) is 13.0. The van der Waals surface area contributed by atoms with E-state index in [9.17, 15) is 16.8 Å². The lowest BCUT2D eigenvalue weighted by molar-refractivity contribution is 0.443. The van der Waals surface area contributed by atoms with Crippen molar-refractivity contribution in [2.24, 2.45) is 0 Å². The predicted octanol–water partition coefficient (Wildman–Crippen LogP) is 3.27. The number of hydrogen-bond donors (Lipinski definition) is 0. The average Bonchev–Trinajstić information content (AvgIpc) is 2.51. The zero-order valence-corrected chi connectivity index (χ0v) is 18.9. The van der Waals surface area contributed by atoms with Crippen molar-refractivity contribution >= 4 is 51.9 Å². The Morgan fingerprint density at radius 3 is 1.62 bits per heavy atom. The first-order valence-electron chi connectivity index (χ1n) is 7.57. The van der Waals surface area contributed by atoms with Gasteiger partial charge in [0.1, 0.15) is 0 Å². The molecule has 24 heavy (non-hydrogen) atoms. The van der Waals surface area contributed by atoms with Crippen LogP contribution in [0.15, 0.2) is 30.9 Å².